The summed E-state index contributed by atoms with van der Waals surface area (Å²) < 4.78 is 5.31. The van der Waals surface area contributed by atoms with Crippen molar-refractivity contribution in [2.75, 3.05) is 13.2 Å². The number of aliphatic hydroxyl groups is 1. The van der Waals surface area contributed by atoms with E-state index in [2.05, 4.69) is 16.5 Å². The highest BCUT2D eigenvalue weighted by Gasteiger charge is 2.14. The minimum atomic E-state index is -0.0471. The zero-order valence-corrected chi connectivity index (χ0v) is 12.6. The van der Waals surface area contributed by atoms with Gasteiger partial charge in [0.25, 0.3) is 0 Å². The SMILES string of the molecule is Cc1cc(C)c2c(CC(=O)NCCCCCO)noc2c1. The molecular weight excluding hydrogens is 268 g/mol. The molecule has 0 bridgehead atoms. The molecule has 5 nitrogen and oxygen atoms in total. The Labute approximate surface area is 124 Å². The summed E-state index contributed by atoms with van der Waals surface area (Å²) in [6.45, 7) is 4.85. The Morgan fingerprint density at radius 1 is 1.29 bits per heavy atom. The molecule has 114 valence electrons. The fourth-order valence-corrected chi connectivity index (χ4v) is 2.50. The van der Waals surface area contributed by atoms with E-state index < -0.39 is 0 Å². The predicted molar refractivity (Wildman–Crippen MR) is 81.1 cm³/mol. The lowest BCUT2D eigenvalue weighted by Crippen LogP contribution is -2.26. The second kappa shape index (κ2) is 7.22. The Morgan fingerprint density at radius 2 is 2.10 bits per heavy atom. The van der Waals surface area contributed by atoms with Crippen molar-refractivity contribution >= 4 is 16.9 Å². The largest absolute Gasteiger partial charge is 0.396 e. The van der Waals surface area contributed by atoms with Gasteiger partial charge in [0.05, 0.1) is 6.42 Å². The van der Waals surface area contributed by atoms with E-state index in [1.54, 1.807) is 0 Å². The summed E-state index contributed by atoms with van der Waals surface area (Å²) in [5.74, 6) is -0.0471. The molecule has 0 aliphatic heterocycles. The maximum absolute atomic E-state index is 11.9. The van der Waals surface area contributed by atoms with Gasteiger partial charge in [-0.25, -0.2) is 0 Å². The van der Waals surface area contributed by atoms with Crippen LogP contribution in [-0.2, 0) is 11.2 Å². The summed E-state index contributed by atoms with van der Waals surface area (Å²) in [7, 11) is 0. The van der Waals surface area contributed by atoms with Gasteiger partial charge in [-0.15, -0.1) is 0 Å². The highest BCUT2D eigenvalue weighted by atomic mass is 16.5. The number of fused-ring (bicyclic) bond motifs is 1. The lowest BCUT2D eigenvalue weighted by Gasteiger charge is -2.04. The Kier molecular flexibility index (Phi) is 5.33. The summed E-state index contributed by atoms with van der Waals surface area (Å²) in [6.07, 6.45) is 2.81. The zero-order chi connectivity index (χ0) is 15.2. The molecule has 0 atom stereocenters. The number of benzene rings is 1. The van der Waals surface area contributed by atoms with E-state index in [0.29, 0.717) is 12.2 Å². The normalized spacial score (nSPS) is 11.0. The highest BCUT2D eigenvalue weighted by Crippen LogP contribution is 2.24. The summed E-state index contributed by atoms with van der Waals surface area (Å²) >= 11 is 0. The van der Waals surface area contributed by atoms with Gasteiger partial charge < -0.3 is 14.9 Å². The Hall–Kier alpha value is -1.88. The number of hydrogen-bond acceptors (Lipinski definition) is 4. The fraction of sp³-hybridized carbons (Fsp3) is 0.500. The topological polar surface area (TPSA) is 75.4 Å². The third-order valence-electron chi connectivity index (χ3n) is 3.47. The molecule has 0 radical (unpaired) electrons. The van der Waals surface area contributed by atoms with Gasteiger partial charge in [0.1, 0.15) is 5.69 Å². The van der Waals surface area contributed by atoms with E-state index >= 15 is 0 Å². The number of unbranched alkanes of at least 4 members (excludes halogenated alkanes) is 2. The van der Waals surface area contributed by atoms with Gasteiger partial charge in [0.2, 0.25) is 5.91 Å². The third-order valence-corrected chi connectivity index (χ3v) is 3.47. The van der Waals surface area contributed by atoms with E-state index in [1.165, 1.54) is 0 Å². The number of hydrogen-bond donors (Lipinski definition) is 2. The second-order valence-electron chi connectivity index (χ2n) is 5.40. The fourth-order valence-electron chi connectivity index (χ4n) is 2.50. The van der Waals surface area contributed by atoms with Gasteiger partial charge in [0, 0.05) is 18.5 Å². The first-order valence-electron chi connectivity index (χ1n) is 7.35. The summed E-state index contributed by atoms with van der Waals surface area (Å²) in [4.78, 5) is 11.9. The molecular formula is C16H22N2O3. The van der Waals surface area contributed by atoms with Crippen molar-refractivity contribution in [3.05, 3.63) is 29.0 Å². The van der Waals surface area contributed by atoms with Crippen LogP contribution in [0.3, 0.4) is 0 Å². The number of rotatable bonds is 7. The monoisotopic (exact) mass is 290 g/mol. The molecule has 0 aliphatic rings. The summed E-state index contributed by atoms with van der Waals surface area (Å²) in [5, 5.41) is 16.5. The van der Waals surface area contributed by atoms with E-state index in [9.17, 15) is 4.79 Å². The van der Waals surface area contributed by atoms with Gasteiger partial charge >= 0.3 is 0 Å². The number of carbonyl (C=O) groups is 1. The molecule has 5 heteroatoms. The lowest BCUT2D eigenvalue weighted by molar-refractivity contribution is -0.120. The molecule has 2 rings (SSSR count). The molecule has 0 saturated heterocycles. The summed E-state index contributed by atoms with van der Waals surface area (Å²) in [6, 6.07) is 4.00. The van der Waals surface area contributed by atoms with Crippen LogP contribution in [0.4, 0.5) is 0 Å². The van der Waals surface area contributed by atoms with Crippen molar-refractivity contribution in [3.63, 3.8) is 0 Å². The average molecular weight is 290 g/mol. The van der Waals surface area contributed by atoms with Crippen molar-refractivity contribution in [2.24, 2.45) is 0 Å². The van der Waals surface area contributed by atoms with Crippen molar-refractivity contribution in [2.45, 2.75) is 39.5 Å². The molecule has 1 aromatic heterocycles. The molecule has 0 unspecified atom stereocenters. The van der Waals surface area contributed by atoms with E-state index in [4.69, 9.17) is 9.63 Å². The lowest BCUT2D eigenvalue weighted by atomic mass is 10.0. The Morgan fingerprint density at radius 3 is 2.86 bits per heavy atom. The molecule has 0 saturated carbocycles. The molecule has 0 aliphatic carbocycles. The maximum Gasteiger partial charge on any atom is 0.226 e. The van der Waals surface area contributed by atoms with Crippen LogP contribution in [0.25, 0.3) is 11.0 Å². The van der Waals surface area contributed by atoms with Crippen LogP contribution in [0, 0.1) is 13.8 Å². The standard InChI is InChI=1S/C16H22N2O3/c1-11-8-12(2)16-13(18-21-14(16)9-11)10-15(20)17-6-4-3-5-7-19/h8-9,19H,3-7,10H2,1-2H3,(H,17,20). The van der Waals surface area contributed by atoms with Gasteiger partial charge in [-0.2, -0.15) is 0 Å². The number of amides is 1. The molecule has 21 heavy (non-hydrogen) atoms. The molecule has 2 N–H and O–H groups in total. The molecule has 1 amide bonds. The number of nitrogens with zero attached hydrogens (tertiary/aromatic N) is 1. The van der Waals surface area contributed by atoms with Crippen LogP contribution in [0.5, 0.6) is 0 Å². The molecule has 1 aromatic carbocycles. The van der Waals surface area contributed by atoms with E-state index in [-0.39, 0.29) is 18.9 Å². The minimum absolute atomic E-state index is 0.0471. The second-order valence-corrected chi connectivity index (χ2v) is 5.40. The van der Waals surface area contributed by atoms with Crippen LogP contribution in [0.15, 0.2) is 16.7 Å². The smallest absolute Gasteiger partial charge is 0.226 e. The Bertz CT molecular complexity index is 619. The van der Waals surface area contributed by atoms with Gasteiger partial charge in [-0.3, -0.25) is 4.79 Å². The quantitative estimate of drug-likeness (QED) is 0.767. The van der Waals surface area contributed by atoms with Crippen LogP contribution in [-0.4, -0.2) is 29.3 Å². The first-order chi connectivity index (χ1) is 10.1. The van der Waals surface area contributed by atoms with Crippen molar-refractivity contribution in [1.82, 2.24) is 10.5 Å². The average Bonchev–Trinajstić information content (AvgIpc) is 2.81. The molecule has 0 fully saturated rings. The zero-order valence-electron chi connectivity index (χ0n) is 12.6. The number of nitrogens with one attached hydrogen (secondary N) is 1. The number of aromatic nitrogens is 1. The van der Waals surface area contributed by atoms with Crippen molar-refractivity contribution < 1.29 is 14.4 Å². The van der Waals surface area contributed by atoms with E-state index in [1.807, 2.05) is 19.9 Å². The third kappa shape index (κ3) is 4.04. The van der Waals surface area contributed by atoms with Gasteiger partial charge in [-0.1, -0.05) is 11.2 Å². The maximum atomic E-state index is 11.9. The predicted octanol–water partition coefficient (Wildman–Crippen LogP) is 2.27. The van der Waals surface area contributed by atoms with Crippen LogP contribution in [0.2, 0.25) is 0 Å². The van der Waals surface area contributed by atoms with Crippen molar-refractivity contribution in [1.29, 1.82) is 0 Å². The van der Waals surface area contributed by atoms with Crippen LogP contribution >= 0.6 is 0 Å². The molecule has 1 heterocycles. The van der Waals surface area contributed by atoms with Gasteiger partial charge in [0.15, 0.2) is 5.58 Å². The molecule has 0 spiro atoms. The van der Waals surface area contributed by atoms with E-state index in [0.717, 1.165) is 41.4 Å². The van der Waals surface area contributed by atoms with Crippen LogP contribution < -0.4 is 5.32 Å². The highest BCUT2D eigenvalue weighted by molar-refractivity contribution is 5.88. The Balaban J connectivity index is 1.95. The number of aliphatic hydroxyl groups excluding tert-OH is 1. The summed E-state index contributed by atoms with van der Waals surface area (Å²) in [5.41, 5.74) is 3.63. The first-order valence-corrected chi connectivity index (χ1v) is 7.35. The first kappa shape index (κ1) is 15.5. The van der Waals surface area contributed by atoms with Gasteiger partial charge in [-0.05, 0) is 50.3 Å². The van der Waals surface area contributed by atoms with Crippen molar-refractivity contribution in [3.8, 4) is 0 Å². The van der Waals surface area contributed by atoms with Crippen LogP contribution in [0.1, 0.15) is 36.1 Å². The molecule has 2 aromatic rings. The minimum Gasteiger partial charge on any atom is -0.396 e. The number of aryl methyl sites for hydroxylation is 2. The number of carbonyl (C=O) groups excluding carboxylic acids is 1.